The van der Waals surface area contributed by atoms with Gasteiger partial charge in [-0.05, 0) is 0 Å². The fraction of sp³-hybridized carbons (Fsp3) is 0.160. The number of aromatic carboxylic acids is 1. The van der Waals surface area contributed by atoms with Gasteiger partial charge in [0.05, 0.1) is 0 Å². The molecule has 34 heavy (non-hydrogen) atoms. The maximum absolute atomic E-state index is 13.8. The molecule has 0 spiro atoms. The zero-order valence-corrected chi connectivity index (χ0v) is 21.4. The summed E-state index contributed by atoms with van der Waals surface area (Å²) in [6, 6.07) is 11.7. The molecule has 8 nitrogen and oxygen atoms in total. The molecule has 0 bridgehead atoms. The number of carboxylic acids is 1. The Bertz CT molecular complexity index is 1320. The Labute approximate surface area is 202 Å². The van der Waals surface area contributed by atoms with E-state index in [2.05, 4.69) is 5.32 Å². The number of rotatable bonds is 6. The topological polar surface area (TPSA) is 119 Å². The minimum atomic E-state index is -3.31. The van der Waals surface area contributed by atoms with E-state index >= 15 is 0 Å². The van der Waals surface area contributed by atoms with Gasteiger partial charge in [0.15, 0.2) is 0 Å². The number of benzene rings is 2. The predicted molar refractivity (Wildman–Crippen MR) is 126 cm³/mol. The second-order valence-corrected chi connectivity index (χ2v) is 14.2. The van der Waals surface area contributed by atoms with Crippen LogP contribution < -0.4 is 13.6 Å². The van der Waals surface area contributed by atoms with Gasteiger partial charge >= 0.3 is 202 Å². The maximum atomic E-state index is 13.8. The van der Waals surface area contributed by atoms with Crippen LogP contribution in [0.4, 0.5) is 5.69 Å². The molecule has 1 aliphatic heterocycles. The summed E-state index contributed by atoms with van der Waals surface area (Å²) in [5.41, 5.74) is 2.29. The van der Waals surface area contributed by atoms with Gasteiger partial charge in [0.1, 0.15) is 0 Å². The molecule has 172 valence electrons. The van der Waals surface area contributed by atoms with Crippen molar-refractivity contribution in [3.05, 3.63) is 77.1 Å². The number of fused-ring (bicyclic) bond motifs is 1. The molecule has 1 heterocycles. The standard InChI is InChI=1S/C16H12NO4.C9H9O3.Sn/c1-11(18)21-15-8-2-12(3-9-15)10-17-14-6-4-13(5-7-14)16(19)20;1-7(11)12-9-4-2-8(6-10)3-5-9;/h2-6,8-9,17H,1H3,(H,19,20);2,4H,3,5H2,1H3;. The van der Waals surface area contributed by atoms with Gasteiger partial charge in [-0.25, -0.2) is 0 Å². The molecule has 0 unspecified atom stereocenters. The number of ether oxygens (including phenoxy) is 2. The molecule has 4 rings (SSSR count). The van der Waals surface area contributed by atoms with Crippen molar-refractivity contribution < 1.29 is 33.8 Å². The Balaban J connectivity index is 1.78. The number of hydrogen-bond acceptors (Lipinski definition) is 7. The van der Waals surface area contributed by atoms with E-state index in [1.807, 2.05) is 0 Å². The average molecular weight is 566 g/mol. The Morgan fingerprint density at radius 3 is 2.21 bits per heavy atom. The second kappa shape index (κ2) is 9.76. The zero-order valence-electron chi connectivity index (χ0n) is 18.5. The molecule has 0 saturated heterocycles. The van der Waals surface area contributed by atoms with Gasteiger partial charge in [-0.2, -0.15) is 0 Å². The molecule has 0 atom stereocenters. The summed E-state index contributed by atoms with van der Waals surface area (Å²) in [6.07, 6.45) is 4.22. The summed E-state index contributed by atoms with van der Waals surface area (Å²) in [5.74, 6) is -0.973. The van der Waals surface area contributed by atoms with Crippen LogP contribution in [0.15, 0.2) is 65.9 Å². The van der Waals surface area contributed by atoms with Crippen molar-refractivity contribution in [2.45, 2.75) is 26.7 Å². The fourth-order valence-corrected chi connectivity index (χ4v) is 11.6. The molecule has 0 aromatic heterocycles. The number of carbonyl (C=O) groups excluding carboxylic acids is 3. The van der Waals surface area contributed by atoms with E-state index in [-0.39, 0.29) is 9.36 Å². The van der Waals surface area contributed by atoms with Crippen molar-refractivity contribution >= 4 is 53.9 Å². The van der Waals surface area contributed by atoms with E-state index < -0.39 is 37.2 Å². The molecule has 0 amide bonds. The van der Waals surface area contributed by atoms with Crippen LogP contribution in [-0.2, 0) is 19.1 Å². The molecule has 0 radical (unpaired) electrons. The number of allylic oxidation sites excluding steroid dienone is 4. The van der Waals surface area contributed by atoms with Crippen LogP contribution in [0.3, 0.4) is 0 Å². The number of anilines is 1. The van der Waals surface area contributed by atoms with Gasteiger partial charge < -0.3 is 0 Å². The van der Waals surface area contributed by atoms with Crippen LogP contribution in [0.1, 0.15) is 42.6 Å². The first-order valence-corrected chi connectivity index (χ1v) is 14.8. The van der Waals surface area contributed by atoms with Gasteiger partial charge in [0.2, 0.25) is 0 Å². The molecule has 0 saturated carbocycles. The van der Waals surface area contributed by atoms with Crippen LogP contribution in [0.25, 0.3) is 0 Å². The van der Waals surface area contributed by atoms with E-state index in [1.54, 1.807) is 48.6 Å². The molecule has 2 aromatic rings. The fourth-order valence-electron chi connectivity index (χ4n) is 3.87. The van der Waals surface area contributed by atoms with Crippen molar-refractivity contribution in [2.24, 2.45) is 0 Å². The predicted octanol–water partition coefficient (Wildman–Crippen LogP) is 2.47. The minimum absolute atomic E-state index is 0.0216. The van der Waals surface area contributed by atoms with E-state index in [9.17, 15) is 24.3 Å². The van der Waals surface area contributed by atoms with Crippen molar-refractivity contribution in [3.63, 3.8) is 0 Å². The molecular formula is C25H21NO7Sn. The van der Waals surface area contributed by atoms with Gasteiger partial charge in [0, 0.05) is 0 Å². The van der Waals surface area contributed by atoms with E-state index in [1.165, 1.54) is 19.9 Å². The Morgan fingerprint density at radius 1 is 0.912 bits per heavy atom. The van der Waals surface area contributed by atoms with Gasteiger partial charge in [-0.3, -0.25) is 0 Å². The summed E-state index contributed by atoms with van der Waals surface area (Å²) < 4.78 is 11.8. The Hall–Kier alpha value is -3.53. The third-order valence-corrected chi connectivity index (χ3v) is 12.9. The number of nitrogens with one attached hydrogen (secondary N) is 1. The first-order chi connectivity index (χ1) is 16.2. The third-order valence-electron chi connectivity index (χ3n) is 5.35. The van der Waals surface area contributed by atoms with Crippen molar-refractivity contribution in [2.75, 3.05) is 5.32 Å². The quantitative estimate of drug-likeness (QED) is 0.311. The van der Waals surface area contributed by atoms with Gasteiger partial charge in [0.25, 0.3) is 0 Å². The Morgan fingerprint density at radius 2 is 1.62 bits per heavy atom. The second-order valence-electron chi connectivity index (χ2n) is 7.81. The molecule has 1 aliphatic carbocycles. The van der Waals surface area contributed by atoms with Crippen molar-refractivity contribution in [1.29, 1.82) is 0 Å². The third kappa shape index (κ3) is 5.01. The number of esters is 2. The normalized spacial score (nSPS) is 14.4. The van der Waals surface area contributed by atoms with E-state index in [0.717, 1.165) is 18.5 Å². The first kappa shape index (κ1) is 23.6. The van der Waals surface area contributed by atoms with Gasteiger partial charge in [-0.1, -0.05) is 0 Å². The van der Waals surface area contributed by atoms with E-state index in [4.69, 9.17) is 9.47 Å². The summed E-state index contributed by atoms with van der Waals surface area (Å²) in [6.45, 7) is 2.65. The van der Waals surface area contributed by atoms with Crippen LogP contribution >= 0.6 is 0 Å². The van der Waals surface area contributed by atoms with Crippen LogP contribution in [-0.4, -0.2) is 49.7 Å². The van der Waals surface area contributed by atoms with Crippen molar-refractivity contribution in [1.82, 2.24) is 0 Å². The SMILES string of the molecule is CC(=O)OC1=CC=C([C](=O)[Sn]2=[C](c3ccc(OC(C)=O)cc3)Nc3ccc(C(=O)O)c[c]32)CC1. The number of carbonyl (C=O) groups is 4. The molecule has 2 N–H and O–H groups in total. The van der Waals surface area contributed by atoms with Crippen molar-refractivity contribution in [3.8, 4) is 5.75 Å². The van der Waals surface area contributed by atoms with E-state index in [0.29, 0.717) is 29.9 Å². The summed E-state index contributed by atoms with van der Waals surface area (Å²) in [5, 5.41) is 12.8. The molecule has 9 heteroatoms. The molecule has 2 aliphatic rings. The molecule has 2 aromatic carbocycles. The zero-order chi connectivity index (χ0) is 24.4. The molecular weight excluding hydrogens is 545 g/mol. The molecule has 0 fully saturated rings. The summed E-state index contributed by atoms with van der Waals surface area (Å²) in [7, 11) is 0. The van der Waals surface area contributed by atoms with Crippen LogP contribution in [0.5, 0.6) is 5.75 Å². The number of carboxylic acid groups (broad SMARTS) is 1. The monoisotopic (exact) mass is 567 g/mol. The average Bonchev–Trinajstić information content (AvgIpc) is 3.17. The summed E-state index contributed by atoms with van der Waals surface area (Å²) >= 11 is -3.31. The Kier molecular flexibility index (Phi) is 6.78. The van der Waals surface area contributed by atoms with Crippen LogP contribution in [0.2, 0.25) is 0 Å². The number of hydrogen-bond donors (Lipinski definition) is 2. The summed E-state index contributed by atoms with van der Waals surface area (Å²) in [4.78, 5) is 47.8. The first-order valence-electron chi connectivity index (χ1n) is 10.5. The van der Waals surface area contributed by atoms with Gasteiger partial charge in [-0.15, -0.1) is 0 Å². The van der Waals surface area contributed by atoms with Crippen LogP contribution in [0, 0.1) is 0 Å².